The fourth-order valence-corrected chi connectivity index (χ4v) is 2.24. The summed E-state index contributed by atoms with van der Waals surface area (Å²) in [6.45, 7) is 0. The Balaban J connectivity index is 2.28. The van der Waals surface area contributed by atoms with Crippen molar-refractivity contribution in [2.75, 3.05) is 0 Å². The number of rotatable bonds is 3. The highest BCUT2D eigenvalue weighted by Crippen LogP contribution is 2.30. The number of hydrogen-bond acceptors (Lipinski definition) is 2. The largest absolute Gasteiger partial charge is 0.481 e. The molecule has 0 aromatic heterocycles. The molecule has 2 N–H and O–H groups in total. The lowest BCUT2D eigenvalue weighted by atomic mass is 9.97. The van der Waals surface area contributed by atoms with Crippen molar-refractivity contribution >= 4 is 5.97 Å². The second-order valence-corrected chi connectivity index (χ2v) is 3.95. The van der Waals surface area contributed by atoms with E-state index in [-0.39, 0.29) is 6.42 Å². The summed E-state index contributed by atoms with van der Waals surface area (Å²) < 4.78 is 0. The van der Waals surface area contributed by atoms with E-state index < -0.39 is 12.1 Å². The summed E-state index contributed by atoms with van der Waals surface area (Å²) >= 11 is 0. The second-order valence-electron chi connectivity index (χ2n) is 3.95. The van der Waals surface area contributed by atoms with Gasteiger partial charge in [0.1, 0.15) is 0 Å². The lowest BCUT2D eigenvalue weighted by molar-refractivity contribution is -0.139. The maximum atomic E-state index is 10.5. The van der Waals surface area contributed by atoms with E-state index in [0.717, 1.165) is 30.4 Å². The van der Waals surface area contributed by atoms with Crippen LogP contribution in [0.25, 0.3) is 0 Å². The first-order valence-electron chi connectivity index (χ1n) is 5.19. The summed E-state index contributed by atoms with van der Waals surface area (Å²) in [5.41, 5.74) is 3.22. The van der Waals surface area contributed by atoms with Gasteiger partial charge in [-0.1, -0.05) is 18.2 Å². The van der Waals surface area contributed by atoms with E-state index in [1.165, 1.54) is 5.56 Å². The Morgan fingerprint density at radius 2 is 2.20 bits per heavy atom. The third-order valence-electron chi connectivity index (χ3n) is 2.91. The molecule has 0 spiro atoms. The van der Waals surface area contributed by atoms with Gasteiger partial charge in [-0.05, 0) is 36.0 Å². The Hall–Kier alpha value is -1.35. The first kappa shape index (κ1) is 10.2. The monoisotopic (exact) mass is 206 g/mol. The van der Waals surface area contributed by atoms with Gasteiger partial charge < -0.3 is 10.2 Å². The first-order valence-corrected chi connectivity index (χ1v) is 5.19. The topological polar surface area (TPSA) is 57.5 Å². The Bertz CT molecular complexity index is 384. The molecule has 1 aromatic carbocycles. The molecule has 3 heteroatoms. The van der Waals surface area contributed by atoms with E-state index in [4.69, 9.17) is 5.11 Å². The van der Waals surface area contributed by atoms with Gasteiger partial charge in [-0.3, -0.25) is 4.79 Å². The summed E-state index contributed by atoms with van der Waals surface area (Å²) in [6, 6.07) is 5.78. The molecule has 3 nitrogen and oxygen atoms in total. The van der Waals surface area contributed by atoms with Crippen molar-refractivity contribution in [1.29, 1.82) is 0 Å². The number of carboxylic acids is 1. The molecule has 0 unspecified atom stereocenters. The number of aliphatic hydroxyl groups is 1. The number of carboxylic acid groups (broad SMARTS) is 1. The maximum absolute atomic E-state index is 10.5. The lowest BCUT2D eigenvalue weighted by Gasteiger charge is -2.13. The van der Waals surface area contributed by atoms with E-state index in [2.05, 4.69) is 6.07 Å². The van der Waals surface area contributed by atoms with Crippen LogP contribution < -0.4 is 0 Å². The van der Waals surface area contributed by atoms with Crippen molar-refractivity contribution in [3.63, 3.8) is 0 Å². The van der Waals surface area contributed by atoms with Gasteiger partial charge in [0.15, 0.2) is 0 Å². The summed E-state index contributed by atoms with van der Waals surface area (Å²) in [4.78, 5) is 10.5. The average molecular weight is 206 g/mol. The zero-order chi connectivity index (χ0) is 10.8. The fraction of sp³-hybridized carbons (Fsp3) is 0.417. The standard InChI is InChI=1S/C12H14O3/c13-11(7-12(14)15)10-6-2-4-8-3-1-5-9(8)10/h2,4,6,11,13H,1,3,5,7H2,(H,14,15)/t11-/m0/s1. The zero-order valence-electron chi connectivity index (χ0n) is 8.44. The lowest BCUT2D eigenvalue weighted by Crippen LogP contribution is -2.07. The van der Waals surface area contributed by atoms with Crippen LogP contribution in [-0.2, 0) is 17.6 Å². The zero-order valence-corrected chi connectivity index (χ0v) is 8.44. The molecular weight excluding hydrogens is 192 g/mol. The van der Waals surface area contributed by atoms with Gasteiger partial charge in [0.25, 0.3) is 0 Å². The summed E-state index contributed by atoms with van der Waals surface area (Å²) in [6.07, 6.45) is 2.03. The molecule has 0 aliphatic heterocycles. The Labute approximate surface area is 88.4 Å². The molecule has 0 amide bonds. The van der Waals surface area contributed by atoms with Crippen molar-refractivity contribution in [1.82, 2.24) is 0 Å². The van der Waals surface area contributed by atoms with Crippen molar-refractivity contribution in [2.24, 2.45) is 0 Å². The predicted molar refractivity (Wildman–Crippen MR) is 55.7 cm³/mol. The van der Waals surface area contributed by atoms with Gasteiger partial charge in [0.2, 0.25) is 0 Å². The van der Waals surface area contributed by atoms with Gasteiger partial charge in [0, 0.05) is 0 Å². The number of aliphatic carboxylic acids is 1. The van der Waals surface area contributed by atoms with E-state index >= 15 is 0 Å². The minimum Gasteiger partial charge on any atom is -0.481 e. The minimum absolute atomic E-state index is 0.212. The van der Waals surface area contributed by atoms with Gasteiger partial charge in [-0.2, -0.15) is 0 Å². The van der Waals surface area contributed by atoms with Crippen molar-refractivity contribution in [2.45, 2.75) is 31.8 Å². The molecule has 0 bridgehead atoms. The Morgan fingerprint density at radius 3 is 2.93 bits per heavy atom. The summed E-state index contributed by atoms with van der Waals surface area (Å²) in [5, 5.41) is 18.4. The van der Waals surface area contributed by atoms with Crippen LogP contribution in [0.3, 0.4) is 0 Å². The van der Waals surface area contributed by atoms with Crippen LogP contribution >= 0.6 is 0 Å². The quantitative estimate of drug-likeness (QED) is 0.791. The number of aryl methyl sites for hydroxylation is 1. The van der Waals surface area contributed by atoms with Crippen LogP contribution in [0, 0.1) is 0 Å². The highest BCUT2D eigenvalue weighted by Gasteiger charge is 2.20. The molecule has 15 heavy (non-hydrogen) atoms. The molecule has 1 atom stereocenters. The number of benzene rings is 1. The number of fused-ring (bicyclic) bond motifs is 1. The van der Waals surface area contributed by atoms with Crippen molar-refractivity contribution in [3.05, 3.63) is 34.9 Å². The molecule has 0 saturated heterocycles. The normalized spacial score (nSPS) is 16.1. The van der Waals surface area contributed by atoms with Crippen LogP contribution in [-0.4, -0.2) is 16.2 Å². The second kappa shape index (κ2) is 4.03. The Kier molecular flexibility index (Phi) is 2.73. The number of carbonyl (C=O) groups is 1. The summed E-state index contributed by atoms with van der Waals surface area (Å²) in [5.74, 6) is -0.960. The molecular formula is C12H14O3. The molecule has 1 aliphatic carbocycles. The third-order valence-corrected chi connectivity index (χ3v) is 2.91. The molecule has 0 fully saturated rings. The number of aliphatic hydroxyl groups excluding tert-OH is 1. The van der Waals surface area contributed by atoms with E-state index in [1.807, 2.05) is 12.1 Å². The van der Waals surface area contributed by atoms with E-state index in [9.17, 15) is 9.90 Å². The summed E-state index contributed by atoms with van der Waals surface area (Å²) in [7, 11) is 0. The molecule has 0 heterocycles. The van der Waals surface area contributed by atoms with Crippen molar-refractivity contribution < 1.29 is 15.0 Å². The predicted octanol–water partition coefficient (Wildman–Crippen LogP) is 1.68. The van der Waals surface area contributed by atoms with Gasteiger partial charge in [-0.25, -0.2) is 0 Å². The minimum atomic E-state index is -0.960. The first-order chi connectivity index (χ1) is 7.18. The average Bonchev–Trinajstić information content (AvgIpc) is 2.63. The smallest absolute Gasteiger partial charge is 0.306 e. The van der Waals surface area contributed by atoms with Gasteiger partial charge in [-0.15, -0.1) is 0 Å². The highest BCUT2D eigenvalue weighted by molar-refractivity contribution is 5.67. The van der Waals surface area contributed by atoms with Crippen LogP contribution in [0.1, 0.15) is 35.6 Å². The van der Waals surface area contributed by atoms with E-state index in [0.29, 0.717) is 0 Å². The molecule has 0 radical (unpaired) electrons. The molecule has 80 valence electrons. The molecule has 2 rings (SSSR count). The highest BCUT2D eigenvalue weighted by atomic mass is 16.4. The fourth-order valence-electron chi connectivity index (χ4n) is 2.24. The van der Waals surface area contributed by atoms with Crippen molar-refractivity contribution in [3.8, 4) is 0 Å². The Morgan fingerprint density at radius 1 is 1.40 bits per heavy atom. The maximum Gasteiger partial charge on any atom is 0.306 e. The number of hydrogen-bond donors (Lipinski definition) is 2. The SMILES string of the molecule is O=C(O)C[C@H](O)c1cccc2c1CCC2. The van der Waals surface area contributed by atoms with Gasteiger partial charge >= 0.3 is 5.97 Å². The van der Waals surface area contributed by atoms with E-state index in [1.54, 1.807) is 0 Å². The molecule has 1 aromatic rings. The van der Waals surface area contributed by atoms with Crippen LogP contribution in [0.4, 0.5) is 0 Å². The molecule has 1 aliphatic rings. The third kappa shape index (κ3) is 2.02. The van der Waals surface area contributed by atoms with Crippen LogP contribution in [0.2, 0.25) is 0 Å². The van der Waals surface area contributed by atoms with Crippen LogP contribution in [0.15, 0.2) is 18.2 Å². The molecule has 0 saturated carbocycles. The van der Waals surface area contributed by atoms with Gasteiger partial charge in [0.05, 0.1) is 12.5 Å². The van der Waals surface area contributed by atoms with Crippen LogP contribution in [0.5, 0.6) is 0 Å².